The number of likely N-dealkylation sites (tertiary alicyclic amines) is 1. The number of carbonyl (C=O) groups is 2. The molecule has 3 fully saturated rings. The molecular formula is C38H40F4N8O4S. The van der Waals surface area contributed by atoms with Crippen LogP contribution in [-0.2, 0) is 27.6 Å². The lowest BCUT2D eigenvalue weighted by Crippen LogP contribution is -2.40. The van der Waals surface area contributed by atoms with Crippen molar-refractivity contribution in [2.24, 2.45) is 7.05 Å². The van der Waals surface area contributed by atoms with Crippen LogP contribution in [0.4, 0.5) is 23.5 Å². The molecule has 2 unspecified atom stereocenters. The first-order valence-corrected chi connectivity index (χ1v) is 19.3. The normalized spacial score (nSPS) is 19.7. The maximum atomic E-state index is 14.0. The summed E-state index contributed by atoms with van der Waals surface area (Å²) in [5.41, 5.74) is 2.76. The lowest BCUT2D eigenvalue weighted by molar-refractivity contribution is -0.134. The molecular weight excluding hydrogens is 741 g/mol. The van der Waals surface area contributed by atoms with Crippen LogP contribution in [0.2, 0.25) is 0 Å². The van der Waals surface area contributed by atoms with Gasteiger partial charge in [-0.2, -0.15) is 13.9 Å². The highest BCUT2D eigenvalue weighted by molar-refractivity contribution is 7.82. The summed E-state index contributed by atoms with van der Waals surface area (Å²) in [4.78, 5) is 34.8. The smallest absolute Gasteiger partial charge is 0.387 e. The molecule has 0 aliphatic carbocycles. The van der Waals surface area contributed by atoms with Gasteiger partial charge in [-0.15, -0.1) is 0 Å². The Hall–Kier alpha value is -4.92. The van der Waals surface area contributed by atoms with E-state index in [1.807, 2.05) is 13.1 Å². The van der Waals surface area contributed by atoms with E-state index in [0.29, 0.717) is 61.8 Å². The van der Waals surface area contributed by atoms with Crippen LogP contribution in [0.15, 0.2) is 53.7 Å². The van der Waals surface area contributed by atoms with Crippen LogP contribution in [0.3, 0.4) is 0 Å². The maximum absolute atomic E-state index is 14.0. The Bertz CT molecular complexity index is 2120. The zero-order valence-corrected chi connectivity index (χ0v) is 30.8. The first-order valence-electron chi connectivity index (χ1n) is 18.2. The minimum Gasteiger partial charge on any atom is -0.432 e. The number of alkyl halides is 4. The Balaban J connectivity index is 0.931. The van der Waals surface area contributed by atoms with Gasteiger partial charge in [0, 0.05) is 49.1 Å². The van der Waals surface area contributed by atoms with Gasteiger partial charge in [-0.1, -0.05) is 30.0 Å². The molecule has 3 saturated heterocycles. The SMILES string of the molecule is Cn1nc(C2CCC(=O)NC2=O)c2ccc(C3CCN(CC#Cc4cc(S(=O)N5CCC(Nc6ncc(OC(F)F)cn6)CC5)ccc4C(F)F)CC3)cc21. The van der Waals surface area contributed by atoms with E-state index in [1.54, 1.807) is 8.99 Å². The Morgan fingerprint density at radius 2 is 1.73 bits per heavy atom. The van der Waals surface area contributed by atoms with Gasteiger partial charge in [-0.05, 0) is 74.9 Å². The topological polar surface area (TPSA) is 135 Å². The van der Waals surface area contributed by atoms with E-state index in [0.717, 1.165) is 49.2 Å². The standard InChI is InChI=1S/C38H40F4N8O4S/c1-48-32-20-24(4-6-30(32)34(47-48)31-8-9-33(51)46-36(31)52)23-10-15-49(16-11-23)14-2-3-25-19-28(5-7-29(25)35(39)40)55(53)50-17-12-26(13-18-50)45-38-43-21-27(22-44-38)54-37(41)42/h4-7,19-23,26,31,35,37H,8-18H2,1H3,(H,43,44,45)(H,46,51,52). The summed E-state index contributed by atoms with van der Waals surface area (Å²) in [7, 11) is 0.269. The molecule has 290 valence electrons. The molecule has 55 heavy (non-hydrogen) atoms. The number of imide groups is 1. The van der Waals surface area contributed by atoms with Gasteiger partial charge in [0.2, 0.25) is 17.8 Å². The number of nitrogens with one attached hydrogen (secondary N) is 2. The van der Waals surface area contributed by atoms with Crippen molar-refractivity contribution >= 4 is 39.7 Å². The Labute approximate surface area is 317 Å². The highest BCUT2D eigenvalue weighted by Crippen LogP contribution is 2.34. The Morgan fingerprint density at radius 3 is 2.42 bits per heavy atom. The van der Waals surface area contributed by atoms with Gasteiger partial charge < -0.3 is 10.1 Å². The predicted molar refractivity (Wildman–Crippen MR) is 196 cm³/mol. The molecule has 17 heteroatoms. The van der Waals surface area contributed by atoms with E-state index in [-0.39, 0.29) is 40.7 Å². The second kappa shape index (κ2) is 16.8. The van der Waals surface area contributed by atoms with Crippen molar-refractivity contribution in [1.82, 2.24) is 34.3 Å². The van der Waals surface area contributed by atoms with Crippen molar-refractivity contribution in [3.63, 3.8) is 0 Å². The van der Waals surface area contributed by atoms with Crippen molar-refractivity contribution in [1.29, 1.82) is 0 Å². The molecule has 4 aromatic rings. The maximum Gasteiger partial charge on any atom is 0.387 e. The number of anilines is 1. The van der Waals surface area contributed by atoms with E-state index < -0.39 is 29.9 Å². The summed E-state index contributed by atoms with van der Waals surface area (Å²) in [6.45, 7) is -0.0682. The fourth-order valence-corrected chi connectivity index (χ4v) is 8.68. The number of hydrogen-bond donors (Lipinski definition) is 2. The molecule has 2 N–H and O–H groups in total. The number of carbonyl (C=O) groups excluding carboxylic acids is 2. The average Bonchev–Trinajstić information content (AvgIpc) is 3.50. The van der Waals surface area contributed by atoms with Crippen LogP contribution in [0, 0.1) is 11.8 Å². The minimum atomic E-state index is -2.97. The molecule has 7 rings (SSSR count). The van der Waals surface area contributed by atoms with Gasteiger partial charge >= 0.3 is 6.61 Å². The van der Waals surface area contributed by atoms with Crippen LogP contribution in [0.1, 0.15) is 79.2 Å². The summed E-state index contributed by atoms with van der Waals surface area (Å²) < 4.78 is 74.1. The number of amides is 2. The Morgan fingerprint density at radius 1 is 0.982 bits per heavy atom. The highest BCUT2D eigenvalue weighted by Gasteiger charge is 2.32. The number of nitrogens with zero attached hydrogens (tertiary/aromatic N) is 6. The van der Waals surface area contributed by atoms with Gasteiger partial charge in [-0.25, -0.2) is 27.3 Å². The molecule has 3 aliphatic rings. The third kappa shape index (κ3) is 8.98. The monoisotopic (exact) mass is 780 g/mol. The van der Waals surface area contributed by atoms with Crippen LogP contribution < -0.4 is 15.4 Å². The van der Waals surface area contributed by atoms with Crippen molar-refractivity contribution < 1.29 is 36.1 Å². The van der Waals surface area contributed by atoms with Gasteiger partial charge in [0.05, 0.1) is 41.0 Å². The number of piperidine rings is 3. The van der Waals surface area contributed by atoms with Crippen LogP contribution >= 0.6 is 0 Å². The molecule has 0 radical (unpaired) electrons. The summed E-state index contributed by atoms with van der Waals surface area (Å²) in [5.74, 6) is 5.43. The number of hydrogen-bond acceptors (Lipinski definition) is 9. The third-order valence-corrected chi connectivity index (χ3v) is 11.9. The van der Waals surface area contributed by atoms with Gasteiger partial charge in [0.15, 0.2) is 5.75 Å². The lowest BCUT2D eigenvalue weighted by atomic mass is 9.88. The second-order valence-electron chi connectivity index (χ2n) is 13.9. The minimum absolute atomic E-state index is 0.0346. The summed E-state index contributed by atoms with van der Waals surface area (Å²) in [6, 6.07) is 10.5. The van der Waals surface area contributed by atoms with Crippen molar-refractivity contribution in [3.8, 4) is 17.6 Å². The van der Waals surface area contributed by atoms with Gasteiger partial charge in [-0.3, -0.25) is 24.5 Å². The molecule has 2 aromatic heterocycles. The summed E-state index contributed by atoms with van der Waals surface area (Å²) in [6.07, 6.45) is 3.31. The van der Waals surface area contributed by atoms with E-state index in [4.69, 9.17) is 0 Å². The van der Waals surface area contributed by atoms with Crippen LogP contribution in [-0.4, -0.2) is 90.4 Å². The van der Waals surface area contributed by atoms with E-state index in [9.17, 15) is 31.4 Å². The fourth-order valence-electron chi connectivity index (χ4n) is 7.43. The molecule has 0 bridgehead atoms. The molecule has 5 heterocycles. The number of aryl methyl sites for hydroxylation is 1. The lowest BCUT2D eigenvalue weighted by Gasteiger charge is -2.31. The number of rotatable bonds is 10. The van der Waals surface area contributed by atoms with Crippen molar-refractivity contribution in [2.45, 2.75) is 74.3 Å². The van der Waals surface area contributed by atoms with Gasteiger partial charge in [0.25, 0.3) is 6.43 Å². The number of halogens is 4. The Kier molecular flexibility index (Phi) is 11.7. The predicted octanol–water partition coefficient (Wildman–Crippen LogP) is 5.25. The first kappa shape index (κ1) is 38.4. The molecule has 2 amide bonds. The number of ether oxygens (including phenoxy) is 1. The third-order valence-electron chi connectivity index (χ3n) is 10.4. The first-order chi connectivity index (χ1) is 26.5. The van der Waals surface area contributed by atoms with E-state index in [1.165, 1.54) is 23.8 Å². The van der Waals surface area contributed by atoms with Gasteiger partial charge in [0.1, 0.15) is 11.0 Å². The van der Waals surface area contributed by atoms with Crippen molar-refractivity contribution in [2.75, 3.05) is 38.0 Å². The molecule has 2 atom stereocenters. The summed E-state index contributed by atoms with van der Waals surface area (Å²) in [5, 5.41) is 11.1. The number of aromatic nitrogens is 4. The van der Waals surface area contributed by atoms with Crippen LogP contribution in [0.25, 0.3) is 10.9 Å². The zero-order valence-electron chi connectivity index (χ0n) is 30.0. The average molecular weight is 781 g/mol. The number of benzene rings is 2. The fraction of sp³-hybridized carbons (Fsp3) is 0.447. The zero-order chi connectivity index (χ0) is 38.6. The van der Waals surface area contributed by atoms with E-state index >= 15 is 0 Å². The molecule has 12 nitrogen and oxygen atoms in total. The quantitative estimate of drug-likeness (QED) is 0.126. The second-order valence-corrected chi connectivity index (χ2v) is 15.4. The highest BCUT2D eigenvalue weighted by atomic mass is 32.2. The molecule has 0 saturated carbocycles. The largest absolute Gasteiger partial charge is 0.432 e. The van der Waals surface area contributed by atoms with E-state index in [2.05, 4.69) is 59.3 Å². The van der Waals surface area contributed by atoms with Crippen molar-refractivity contribution in [3.05, 3.63) is 71.2 Å². The molecule has 3 aliphatic heterocycles. The van der Waals surface area contributed by atoms with Crippen LogP contribution in [0.5, 0.6) is 5.75 Å². The molecule has 0 spiro atoms. The summed E-state index contributed by atoms with van der Waals surface area (Å²) >= 11 is 0. The molecule has 2 aromatic carbocycles. The number of fused-ring (bicyclic) bond motifs is 1.